The summed E-state index contributed by atoms with van der Waals surface area (Å²) in [5.74, 6) is 0.721. The number of hydrogen-bond acceptors (Lipinski definition) is 1. The standard InChI is InChI=1S/C14H19NO/c1-11(2)6-8-15-9-7-13-12(10-16)4-3-5-14(13)15/h3-5,7,9,11,16H,6,8,10H2,1-2H3. The number of nitrogens with zero attached hydrogens (tertiary/aromatic N) is 1. The Morgan fingerprint density at radius 1 is 1.25 bits per heavy atom. The van der Waals surface area contributed by atoms with Crippen LogP contribution in [0.15, 0.2) is 30.5 Å². The summed E-state index contributed by atoms with van der Waals surface area (Å²) in [6.45, 7) is 5.65. The lowest BCUT2D eigenvalue weighted by atomic mass is 10.1. The molecule has 0 aliphatic heterocycles. The van der Waals surface area contributed by atoms with Gasteiger partial charge in [0.15, 0.2) is 0 Å². The van der Waals surface area contributed by atoms with Gasteiger partial charge in [-0.05, 0) is 30.0 Å². The van der Waals surface area contributed by atoms with E-state index in [1.165, 1.54) is 17.3 Å². The van der Waals surface area contributed by atoms with Crippen molar-refractivity contribution in [1.82, 2.24) is 4.57 Å². The lowest BCUT2D eigenvalue weighted by molar-refractivity contribution is 0.283. The molecule has 0 saturated heterocycles. The number of benzene rings is 1. The summed E-state index contributed by atoms with van der Waals surface area (Å²) in [6.07, 6.45) is 3.30. The molecule has 2 rings (SSSR count). The van der Waals surface area contributed by atoms with Crippen molar-refractivity contribution in [2.24, 2.45) is 5.92 Å². The van der Waals surface area contributed by atoms with Crippen LogP contribution < -0.4 is 0 Å². The van der Waals surface area contributed by atoms with E-state index in [-0.39, 0.29) is 6.61 Å². The van der Waals surface area contributed by atoms with Crippen molar-refractivity contribution in [3.05, 3.63) is 36.0 Å². The van der Waals surface area contributed by atoms with Crippen LogP contribution in [0.4, 0.5) is 0 Å². The van der Waals surface area contributed by atoms with Gasteiger partial charge in [0.1, 0.15) is 0 Å². The summed E-state index contributed by atoms with van der Waals surface area (Å²) < 4.78 is 2.27. The van der Waals surface area contributed by atoms with Crippen molar-refractivity contribution in [3.8, 4) is 0 Å². The summed E-state index contributed by atoms with van der Waals surface area (Å²) >= 11 is 0. The van der Waals surface area contributed by atoms with Gasteiger partial charge in [-0.15, -0.1) is 0 Å². The van der Waals surface area contributed by atoms with Crippen LogP contribution >= 0.6 is 0 Å². The van der Waals surface area contributed by atoms with E-state index in [0.717, 1.165) is 18.0 Å². The van der Waals surface area contributed by atoms with Gasteiger partial charge < -0.3 is 9.67 Å². The van der Waals surface area contributed by atoms with Crippen LogP contribution in [0.1, 0.15) is 25.8 Å². The molecule has 1 heterocycles. The zero-order chi connectivity index (χ0) is 11.5. The number of aryl methyl sites for hydroxylation is 1. The number of rotatable bonds is 4. The molecule has 0 aliphatic carbocycles. The topological polar surface area (TPSA) is 25.2 Å². The van der Waals surface area contributed by atoms with Gasteiger partial charge in [-0.2, -0.15) is 0 Å². The number of aromatic nitrogens is 1. The van der Waals surface area contributed by atoms with Crippen LogP contribution in [0.5, 0.6) is 0 Å². The predicted molar refractivity (Wildman–Crippen MR) is 67.3 cm³/mol. The van der Waals surface area contributed by atoms with E-state index < -0.39 is 0 Å². The van der Waals surface area contributed by atoms with Gasteiger partial charge in [-0.1, -0.05) is 26.0 Å². The molecule has 86 valence electrons. The summed E-state index contributed by atoms with van der Waals surface area (Å²) in [7, 11) is 0. The van der Waals surface area contributed by atoms with Crippen LogP contribution in [0.3, 0.4) is 0 Å². The Balaban J connectivity index is 2.34. The fourth-order valence-corrected chi connectivity index (χ4v) is 2.02. The third-order valence-electron chi connectivity index (χ3n) is 3.02. The van der Waals surface area contributed by atoms with Crippen molar-refractivity contribution in [2.75, 3.05) is 0 Å². The minimum atomic E-state index is 0.117. The molecule has 0 bridgehead atoms. The molecule has 0 atom stereocenters. The Labute approximate surface area is 96.5 Å². The normalized spacial score (nSPS) is 11.5. The molecule has 1 N–H and O–H groups in total. The first-order valence-corrected chi connectivity index (χ1v) is 5.90. The van der Waals surface area contributed by atoms with Gasteiger partial charge in [-0.3, -0.25) is 0 Å². The van der Waals surface area contributed by atoms with Crippen molar-refractivity contribution < 1.29 is 5.11 Å². The molecular formula is C14H19NO. The number of fused-ring (bicyclic) bond motifs is 1. The van der Waals surface area contributed by atoms with E-state index in [4.69, 9.17) is 0 Å². The maximum Gasteiger partial charge on any atom is 0.0688 e. The highest BCUT2D eigenvalue weighted by molar-refractivity contribution is 5.83. The van der Waals surface area contributed by atoms with E-state index in [1.54, 1.807) is 0 Å². The zero-order valence-electron chi connectivity index (χ0n) is 9.98. The number of aliphatic hydroxyl groups is 1. The van der Waals surface area contributed by atoms with Crippen molar-refractivity contribution in [2.45, 2.75) is 33.4 Å². The SMILES string of the molecule is CC(C)CCn1ccc2c(CO)cccc21. The van der Waals surface area contributed by atoms with Gasteiger partial charge in [0.2, 0.25) is 0 Å². The summed E-state index contributed by atoms with van der Waals surface area (Å²) in [5.41, 5.74) is 2.24. The van der Waals surface area contributed by atoms with Gasteiger partial charge in [-0.25, -0.2) is 0 Å². The monoisotopic (exact) mass is 217 g/mol. The van der Waals surface area contributed by atoms with Gasteiger partial charge in [0, 0.05) is 23.6 Å². The minimum Gasteiger partial charge on any atom is -0.392 e. The summed E-state index contributed by atoms with van der Waals surface area (Å²) in [4.78, 5) is 0. The van der Waals surface area contributed by atoms with Gasteiger partial charge >= 0.3 is 0 Å². The highest BCUT2D eigenvalue weighted by Crippen LogP contribution is 2.21. The Kier molecular flexibility index (Phi) is 3.30. The van der Waals surface area contributed by atoms with Crippen LogP contribution in [-0.4, -0.2) is 9.67 Å². The molecule has 0 saturated carbocycles. The largest absolute Gasteiger partial charge is 0.392 e. The van der Waals surface area contributed by atoms with Gasteiger partial charge in [0.25, 0.3) is 0 Å². The van der Waals surface area contributed by atoms with E-state index in [1.807, 2.05) is 12.1 Å². The molecule has 1 aromatic carbocycles. The van der Waals surface area contributed by atoms with E-state index >= 15 is 0 Å². The Bertz CT molecular complexity index is 471. The lowest BCUT2D eigenvalue weighted by Gasteiger charge is -2.08. The lowest BCUT2D eigenvalue weighted by Crippen LogP contribution is -1.99. The first-order valence-electron chi connectivity index (χ1n) is 5.90. The molecular weight excluding hydrogens is 198 g/mol. The fourth-order valence-electron chi connectivity index (χ4n) is 2.02. The molecule has 2 heteroatoms. The molecule has 0 spiro atoms. The second-order valence-electron chi connectivity index (χ2n) is 4.70. The second kappa shape index (κ2) is 4.71. The Morgan fingerprint density at radius 2 is 2.06 bits per heavy atom. The number of aliphatic hydroxyl groups excluding tert-OH is 1. The Morgan fingerprint density at radius 3 is 2.75 bits per heavy atom. The van der Waals surface area contributed by atoms with Crippen molar-refractivity contribution in [1.29, 1.82) is 0 Å². The average Bonchev–Trinajstić information content (AvgIpc) is 2.69. The predicted octanol–water partition coefficient (Wildman–Crippen LogP) is 3.18. The molecule has 0 amide bonds. The molecule has 2 nitrogen and oxygen atoms in total. The smallest absolute Gasteiger partial charge is 0.0688 e. The molecule has 2 aromatic rings. The highest BCUT2D eigenvalue weighted by Gasteiger charge is 2.05. The first kappa shape index (κ1) is 11.2. The third-order valence-corrected chi connectivity index (χ3v) is 3.02. The highest BCUT2D eigenvalue weighted by atomic mass is 16.3. The van der Waals surface area contributed by atoms with Gasteiger partial charge in [0.05, 0.1) is 6.61 Å². The molecule has 1 aromatic heterocycles. The maximum atomic E-state index is 9.25. The zero-order valence-corrected chi connectivity index (χ0v) is 9.98. The summed E-state index contributed by atoms with van der Waals surface area (Å²) in [5, 5.41) is 10.4. The number of hydrogen-bond donors (Lipinski definition) is 1. The van der Waals surface area contributed by atoms with E-state index in [2.05, 4.69) is 36.7 Å². The maximum absolute atomic E-state index is 9.25. The van der Waals surface area contributed by atoms with Crippen LogP contribution in [0.2, 0.25) is 0 Å². The molecule has 0 unspecified atom stereocenters. The van der Waals surface area contributed by atoms with Crippen LogP contribution in [0, 0.1) is 5.92 Å². The second-order valence-corrected chi connectivity index (χ2v) is 4.70. The van der Waals surface area contributed by atoms with Crippen LogP contribution in [-0.2, 0) is 13.2 Å². The third kappa shape index (κ3) is 2.12. The van der Waals surface area contributed by atoms with E-state index in [9.17, 15) is 5.11 Å². The van der Waals surface area contributed by atoms with Crippen molar-refractivity contribution in [3.63, 3.8) is 0 Å². The Hall–Kier alpha value is -1.28. The van der Waals surface area contributed by atoms with E-state index in [0.29, 0.717) is 0 Å². The minimum absolute atomic E-state index is 0.117. The molecule has 16 heavy (non-hydrogen) atoms. The first-order chi connectivity index (χ1) is 7.72. The molecule has 0 radical (unpaired) electrons. The fraction of sp³-hybridized carbons (Fsp3) is 0.429. The molecule has 0 fully saturated rings. The quantitative estimate of drug-likeness (QED) is 0.836. The van der Waals surface area contributed by atoms with Crippen LogP contribution in [0.25, 0.3) is 10.9 Å². The van der Waals surface area contributed by atoms with Crippen molar-refractivity contribution >= 4 is 10.9 Å². The average molecular weight is 217 g/mol. The molecule has 0 aliphatic rings. The summed E-state index contributed by atoms with van der Waals surface area (Å²) in [6, 6.07) is 8.21.